The molecule has 0 saturated carbocycles. The first-order chi connectivity index (χ1) is 4.86. The Morgan fingerprint density at radius 2 is 0.750 bits per heavy atom. The fraction of sp³-hybridized carbons (Fsp3) is 1.00. The van der Waals surface area contributed by atoms with Gasteiger partial charge in [0.2, 0.25) is 0 Å². The van der Waals surface area contributed by atoms with Gasteiger partial charge in [-0.2, -0.15) is 0 Å². The molecule has 0 aromatic carbocycles. The minimum absolute atomic E-state index is 1.25. The monoisotopic (exact) mass is 220 g/mol. The van der Waals surface area contributed by atoms with Gasteiger partial charge in [0.05, 0.1) is 0 Å². The number of hydrogen-bond acceptors (Lipinski definition) is 0. The summed E-state index contributed by atoms with van der Waals surface area (Å²) >= 11 is 0. The molecule has 0 bridgehead atoms. The molecule has 0 saturated heterocycles. The molecule has 0 radical (unpaired) electrons. The lowest BCUT2D eigenvalue weighted by Crippen LogP contribution is -1.92. The summed E-state index contributed by atoms with van der Waals surface area (Å²) in [6, 6.07) is 0. The van der Waals surface area contributed by atoms with Gasteiger partial charge in [-0.05, 0) is 0 Å². The van der Waals surface area contributed by atoms with Crippen molar-refractivity contribution in [3.63, 3.8) is 0 Å². The molecular weight excluding hydrogens is 206 g/mol. The first-order valence-corrected chi connectivity index (χ1v) is 5.19. The predicted octanol–water partition coefficient (Wildman–Crippen LogP) is 5.61. The molecule has 0 amide bonds. The van der Waals surface area contributed by atoms with Crippen molar-refractivity contribution in [3.05, 3.63) is 0 Å². The molecule has 0 heterocycles. The summed E-state index contributed by atoms with van der Waals surface area (Å²) in [6.45, 7) is 8.25. The number of hydrogen-bond donors (Lipinski definition) is 0. The van der Waals surface area contributed by atoms with Crippen molar-refractivity contribution in [1.29, 1.82) is 0 Å². The molecule has 0 spiro atoms. The van der Waals surface area contributed by atoms with Gasteiger partial charge in [-0.3, -0.25) is 0 Å². The van der Waals surface area contributed by atoms with E-state index in [2.05, 4.69) is 13.8 Å². The van der Waals surface area contributed by atoms with E-state index in [1.807, 2.05) is 13.8 Å². The molecule has 0 N–H and O–H groups in total. The SMILES string of the molecule is CC.CCC.FS(F)(F)(F)(F)F. The van der Waals surface area contributed by atoms with Crippen LogP contribution in [-0.4, -0.2) is 0 Å². The highest BCUT2D eigenvalue weighted by Crippen LogP contribution is 2.99. The van der Waals surface area contributed by atoms with Crippen LogP contribution in [-0.2, 0) is 0 Å². The molecule has 0 fully saturated rings. The van der Waals surface area contributed by atoms with E-state index in [-0.39, 0.29) is 0 Å². The van der Waals surface area contributed by atoms with Crippen LogP contribution in [0.4, 0.5) is 23.3 Å². The van der Waals surface area contributed by atoms with E-state index in [9.17, 15) is 23.3 Å². The molecular formula is C5H14F6S. The van der Waals surface area contributed by atoms with Crippen LogP contribution in [0.1, 0.15) is 34.1 Å². The topological polar surface area (TPSA) is 0 Å². The molecule has 12 heavy (non-hydrogen) atoms. The summed E-state index contributed by atoms with van der Waals surface area (Å²) in [5.74, 6) is 0. The smallest absolute Gasteiger partial charge is 0.0719 e. The van der Waals surface area contributed by atoms with Crippen LogP contribution in [0.5, 0.6) is 0 Å². The highest BCUT2D eigenvalue weighted by Gasteiger charge is 2.64. The second kappa shape index (κ2) is 4.25. The highest BCUT2D eigenvalue weighted by atomic mass is 32.5. The molecule has 0 aliphatic heterocycles. The molecule has 0 nitrogen and oxygen atoms in total. The summed E-state index contributed by atoms with van der Waals surface area (Å²) in [5, 5.41) is 0. The summed E-state index contributed by atoms with van der Waals surface area (Å²) < 4.78 is 59.1. The second-order valence-electron chi connectivity index (χ2n) is 1.58. The Kier molecular flexibility index (Phi) is 6.33. The lowest BCUT2D eigenvalue weighted by molar-refractivity contribution is 0.291. The Morgan fingerprint density at radius 3 is 0.750 bits per heavy atom. The normalized spacial score (nSPS) is 15.5. The van der Waals surface area contributed by atoms with Crippen LogP contribution >= 0.6 is 10.6 Å². The zero-order valence-electron chi connectivity index (χ0n) is 7.38. The maximum Gasteiger partial charge on any atom is 0.431 e. The van der Waals surface area contributed by atoms with Gasteiger partial charge in [0, 0.05) is 0 Å². The number of halogens is 6. The van der Waals surface area contributed by atoms with Crippen LogP contribution in [0.3, 0.4) is 0 Å². The summed E-state index contributed by atoms with van der Waals surface area (Å²) in [6.07, 6.45) is 1.25. The van der Waals surface area contributed by atoms with E-state index in [1.54, 1.807) is 0 Å². The quantitative estimate of drug-likeness (QED) is 0.465. The van der Waals surface area contributed by atoms with Gasteiger partial charge in [-0.1, -0.05) is 57.4 Å². The van der Waals surface area contributed by atoms with E-state index in [4.69, 9.17) is 0 Å². The van der Waals surface area contributed by atoms with Crippen LogP contribution in [0, 0.1) is 0 Å². The highest BCUT2D eigenvalue weighted by molar-refractivity contribution is 8.41. The molecule has 0 rings (SSSR count). The molecule has 0 atom stereocenters. The Morgan fingerprint density at radius 1 is 0.750 bits per heavy atom. The van der Waals surface area contributed by atoms with Crippen molar-refractivity contribution in [2.45, 2.75) is 34.1 Å². The summed E-state index contributed by atoms with van der Waals surface area (Å²) in [4.78, 5) is 0. The van der Waals surface area contributed by atoms with Gasteiger partial charge in [0.1, 0.15) is 0 Å². The molecule has 0 aromatic rings. The van der Waals surface area contributed by atoms with E-state index in [0.717, 1.165) is 0 Å². The Labute approximate surface area is 69.0 Å². The number of rotatable bonds is 0. The van der Waals surface area contributed by atoms with Crippen molar-refractivity contribution in [2.75, 3.05) is 0 Å². The standard InChI is InChI=1S/C3H8.C2H6.F6S/c1-3-2;1-2;1-7(2,3,4,5)6/h3H2,1-2H3;1-2H3;. The maximum atomic E-state index is 9.85. The Hall–Kier alpha value is -0.0700. The van der Waals surface area contributed by atoms with Crippen molar-refractivity contribution in [2.24, 2.45) is 0 Å². The maximum absolute atomic E-state index is 10.5. The first-order valence-electron chi connectivity index (χ1n) is 3.34. The average molecular weight is 220 g/mol. The van der Waals surface area contributed by atoms with Crippen molar-refractivity contribution < 1.29 is 23.3 Å². The summed E-state index contributed by atoms with van der Waals surface area (Å²) in [7, 11) is -10.5. The first kappa shape index (κ1) is 17.9. The van der Waals surface area contributed by atoms with Gasteiger partial charge in [0.25, 0.3) is 0 Å². The Balaban J connectivity index is -0.000000137. The molecule has 0 aromatic heterocycles. The second-order valence-corrected chi connectivity index (χ2v) is 3.33. The largest absolute Gasteiger partial charge is 0.431 e. The van der Waals surface area contributed by atoms with Crippen molar-refractivity contribution in [3.8, 4) is 0 Å². The minimum atomic E-state index is -10.5. The van der Waals surface area contributed by atoms with Gasteiger partial charge in [0.15, 0.2) is 0 Å². The zero-order valence-corrected chi connectivity index (χ0v) is 8.20. The lowest BCUT2D eigenvalue weighted by atomic mass is 10.6. The molecule has 0 unspecified atom stereocenters. The third kappa shape index (κ3) is 162000. The molecule has 0 aliphatic carbocycles. The van der Waals surface area contributed by atoms with E-state index in [0.29, 0.717) is 0 Å². The van der Waals surface area contributed by atoms with Gasteiger partial charge < -0.3 is 0 Å². The third-order valence-electron chi connectivity index (χ3n) is 0. The van der Waals surface area contributed by atoms with E-state index < -0.39 is 10.6 Å². The zero-order chi connectivity index (χ0) is 11.1. The van der Waals surface area contributed by atoms with Crippen LogP contribution in [0.2, 0.25) is 0 Å². The van der Waals surface area contributed by atoms with Gasteiger partial charge in [-0.25, -0.2) is 0 Å². The van der Waals surface area contributed by atoms with Crippen LogP contribution < -0.4 is 0 Å². The fourth-order valence-corrected chi connectivity index (χ4v) is 0. The fourth-order valence-electron chi connectivity index (χ4n) is 0. The molecule has 0 aliphatic rings. The summed E-state index contributed by atoms with van der Waals surface area (Å²) in [5.41, 5.74) is 0. The van der Waals surface area contributed by atoms with Gasteiger partial charge in [-0.15, -0.1) is 0 Å². The minimum Gasteiger partial charge on any atom is -0.0719 e. The average Bonchev–Trinajstić information content (AvgIpc) is 1.63. The van der Waals surface area contributed by atoms with Crippen molar-refractivity contribution in [1.82, 2.24) is 0 Å². The van der Waals surface area contributed by atoms with E-state index >= 15 is 0 Å². The van der Waals surface area contributed by atoms with Gasteiger partial charge >= 0.3 is 10.6 Å². The molecule has 7 heteroatoms. The van der Waals surface area contributed by atoms with Crippen LogP contribution in [0.15, 0.2) is 0 Å². The van der Waals surface area contributed by atoms with Crippen LogP contribution in [0.25, 0.3) is 0 Å². The Bertz CT molecular complexity index is 85.3. The van der Waals surface area contributed by atoms with Crippen molar-refractivity contribution >= 4 is 10.6 Å². The predicted molar refractivity (Wildman–Crippen MR) is 41.6 cm³/mol. The lowest BCUT2D eigenvalue weighted by Gasteiger charge is -2.28. The third-order valence-corrected chi connectivity index (χ3v) is 0. The molecule has 82 valence electrons. The van der Waals surface area contributed by atoms with E-state index in [1.165, 1.54) is 6.42 Å².